The highest BCUT2D eigenvalue weighted by atomic mass is 15.2. The first-order chi connectivity index (χ1) is 8.24. The molecule has 1 aliphatic rings. The fourth-order valence-electron chi connectivity index (χ4n) is 2.62. The molecular weight excluding hydrogens is 208 g/mol. The molecule has 2 unspecified atom stereocenters. The predicted molar refractivity (Wildman–Crippen MR) is 74.7 cm³/mol. The minimum atomic E-state index is 0.637. The van der Waals surface area contributed by atoms with Crippen molar-refractivity contribution in [2.75, 3.05) is 18.0 Å². The molecular formula is C15H24N2. The molecule has 17 heavy (non-hydrogen) atoms. The second-order valence-corrected chi connectivity index (χ2v) is 5.07. The summed E-state index contributed by atoms with van der Waals surface area (Å²) in [6.07, 6.45) is 2.41. The lowest BCUT2D eigenvalue weighted by Crippen LogP contribution is -2.56. The molecule has 1 saturated heterocycles. The average molecular weight is 232 g/mol. The molecule has 2 rings (SSSR count). The molecule has 1 heterocycles. The molecule has 0 saturated carbocycles. The van der Waals surface area contributed by atoms with Gasteiger partial charge in [-0.05, 0) is 37.5 Å². The van der Waals surface area contributed by atoms with E-state index in [1.54, 1.807) is 0 Å². The van der Waals surface area contributed by atoms with Crippen LogP contribution in [0.1, 0.15) is 32.3 Å². The Hall–Kier alpha value is -1.02. The van der Waals surface area contributed by atoms with Crippen molar-refractivity contribution in [2.45, 2.75) is 45.7 Å². The molecule has 2 atom stereocenters. The maximum Gasteiger partial charge on any atom is 0.0412 e. The average Bonchev–Trinajstić information content (AvgIpc) is 2.38. The lowest BCUT2D eigenvalue weighted by molar-refractivity contribution is 0.379. The normalized spacial score (nSPS) is 25.0. The molecule has 0 bridgehead atoms. The Kier molecular flexibility index (Phi) is 4.06. The Morgan fingerprint density at radius 2 is 2.12 bits per heavy atom. The first kappa shape index (κ1) is 12.4. The maximum absolute atomic E-state index is 3.64. The minimum absolute atomic E-state index is 0.637. The number of piperazine rings is 1. The molecule has 2 nitrogen and oxygen atoms in total. The van der Waals surface area contributed by atoms with Crippen LogP contribution >= 0.6 is 0 Å². The summed E-state index contributed by atoms with van der Waals surface area (Å²) < 4.78 is 0. The Bertz CT molecular complexity index is 362. The zero-order chi connectivity index (χ0) is 12.3. The summed E-state index contributed by atoms with van der Waals surface area (Å²) in [7, 11) is 0. The predicted octanol–water partition coefficient (Wildman–Crippen LogP) is 2.96. The van der Waals surface area contributed by atoms with Gasteiger partial charge in [0.25, 0.3) is 0 Å². The fraction of sp³-hybridized carbons (Fsp3) is 0.600. The molecule has 94 valence electrons. The van der Waals surface area contributed by atoms with Crippen LogP contribution in [0.15, 0.2) is 24.3 Å². The van der Waals surface area contributed by atoms with Gasteiger partial charge in [0.15, 0.2) is 0 Å². The lowest BCUT2D eigenvalue weighted by atomic mass is 10.0. The molecule has 1 aromatic rings. The summed E-state index contributed by atoms with van der Waals surface area (Å²) >= 11 is 0. The van der Waals surface area contributed by atoms with Gasteiger partial charge in [0, 0.05) is 30.9 Å². The van der Waals surface area contributed by atoms with Crippen LogP contribution in [0, 0.1) is 6.92 Å². The number of aryl methyl sites for hydroxylation is 1. The van der Waals surface area contributed by atoms with E-state index >= 15 is 0 Å². The highest BCUT2D eigenvalue weighted by molar-refractivity contribution is 5.50. The molecule has 0 radical (unpaired) electrons. The zero-order valence-electron chi connectivity index (χ0n) is 11.2. The number of hydrogen-bond donors (Lipinski definition) is 1. The number of benzene rings is 1. The van der Waals surface area contributed by atoms with E-state index in [0.29, 0.717) is 12.1 Å². The SMILES string of the molecule is CCC1CN(c2cccc(C)c2)C(CC)CN1. The van der Waals surface area contributed by atoms with Gasteiger partial charge in [0.1, 0.15) is 0 Å². The van der Waals surface area contributed by atoms with Crippen molar-refractivity contribution in [3.63, 3.8) is 0 Å². The van der Waals surface area contributed by atoms with Gasteiger partial charge in [-0.1, -0.05) is 26.0 Å². The van der Waals surface area contributed by atoms with Gasteiger partial charge in [-0.15, -0.1) is 0 Å². The van der Waals surface area contributed by atoms with Crippen molar-refractivity contribution in [2.24, 2.45) is 0 Å². The van der Waals surface area contributed by atoms with Gasteiger partial charge >= 0.3 is 0 Å². The van der Waals surface area contributed by atoms with E-state index in [2.05, 4.69) is 55.3 Å². The van der Waals surface area contributed by atoms with Gasteiger partial charge in [-0.2, -0.15) is 0 Å². The highest BCUT2D eigenvalue weighted by Gasteiger charge is 2.25. The third-order valence-electron chi connectivity index (χ3n) is 3.80. The zero-order valence-corrected chi connectivity index (χ0v) is 11.2. The van der Waals surface area contributed by atoms with E-state index in [1.807, 2.05) is 0 Å². The van der Waals surface area contributed by atoms with Crippen LogP contribution in [0.4, 0.5) is 5.69 Å². The van der Waals surface area contributed by atoms with Gasteiger partial charge in [0.2, 0.25) is 0 Å². The van der Waals surface area contributed by atoms with Gasteiger partial charge in [-0.25, -0.2) is 0 Å². The third kappa shape index (κ3) is 2.81. The van der Waals surface area contributed by atoms with Crippen LogP contribution in [0.5, 0.6) is 0 Å². The van der Waals surface area contributed by atoms with E-state index in [-0.39, 0.29) is 0 Å². The topological polar surface area (TPSA) is 15.3 Å². The molecule has 0 amide bonds. The number of anilines is 1. The number of rotatable bonds is 3. The number of nitrogens with zero attached hydrogens (tertiary/aromatic N) is 1. The van der Waals surface area contributed by atoms with Crippen molar-refractivity contribution in [1.82, 2.24) is 5.32 Å². The van der Waals surface area contributed by atoms with Crippen LogP contribution in [-0.4, -0.2) is 25.2 Å². The van der Waals surface area contributed by atoms with E-state index in [1.165, 1.54) is 24.1 Å². The van der Waals surface area contributed by atoms with Crippen molar-refractivity contribution >= 4 is 5.69 Å². The largest absolute Gasteiger partial charge is 0.366 e. The standard InChI is InChI=1S/C15H24N2/c1-4-13-11-17(14(5-2)10-16-13)15-8-6-7-12(3)9-15/h6-9,13-14,16H,4-5,10-11H2,1-3H3. The van der Waals surface area contributed by atoms with Crippen molar-refractivity contribution in [3.8, 4) is 0 Å². The van der Waals surface area contributed by atoms with Crippen molar-refractivity contribution in [1.29, 1.82) is 0 Å². The molecule has 2 heteroatoms. The first-order valence-corrected chi connectivity index (χ1v) is 6.81. The van der Waals surface area contributed by atoms with Crippen LogP contribution in [-0.2, 0) is 0 Å². The molecule has 0 spiro atoms. The van der Waals surface area contributed by atoms with Crippen LogP contribution in [0.3, 0.4) is 0 Å². The van der Waals surface area contributed by atoms with E-state index in [0.717, 1.165) is 13.1 Å². The molecule has 0 aliphatic carbocycles. The summed E-state index contributed by atoms with van der Waals surface area (Å²) in [4.78, 5) is 2.58. The van der Waals surface area contributed by atoms with E-state index in [4.69, 9.17) is 0 Å². The van der Waals surface area contributed by atoms with Gasteiger partial charge < -0.3 is 10.2 Å². The number of hydrogen-bond acceptors (Lipinski definition) is 2. The monoisotopic (exact) mass is 232 g/mol. The molecule has 1 N–H and O–H groups in total. The summed E-state index contributed by atoms with van der Waals surface area (Å²) in [5, 5.41) is 3.64. The summed E-state index contributed by atoms with van der Waals surface area (Å²) in [6, 6.07) is 10.2. The third-order valence-corrected chi connectivity index (χ3v) is 3.80. The Morgan fingerprint density at radius 1 is 1.29 bits per heavy atom. The minimum Gasteiger partial charge on any atom is -0.366 e. The maximum atomic E-state index is 3.64. The van der Waals surface area contributed by atoms with Crippen molar-refractivity contribution < 1.29 is 0 Å². The second-order valence-electron chi connectivity index (χ2n) is 5.07. The summed E-state index contributed by atoms with van der Waals surface area (Å²) in [5.74, 6) is 0. The number of nitrogens with one attached hydrogen (secondary N) is 1. The Morgan fingerprint density at radius 3 is 2.76 bits per heavy atom. The first-order valence-electron chi connectivity index (χ1n) is 6.81. The van der Waals surface area contributed by atoms with E-state index < -0.39 is 0 Å². The van der Waals surface area contributed by atoms with Crippen LogP contribution in [0.25, 0.3) is 0 Å². The van der Waals surface area contributed by atoms with Crippen molar-refractivity contribution in [3.05, 3.63) is 29.8 Å². The van der Waals surface area contributed by atoms with E-state index in [9.17, 15) is 0 Å². The smallest absolute Gasteiger partial charge is 0.0412 e. The van der Waals surface area contributed by atoms with Gasteiger partial charge in [0.05, 0.1) is 0 Å². The van der Waals surface area contributed by atoms with Crippen LogP contribution < -0.4 is 10.2 Å². The summed E-state index contributed by atoms with van der Waals surface area (Å²) in [5.41, 5.74) is 2.74. The Balaban J connectivity index is 2.20. The lowest BCUT2D eigenvalue weighted by Gasteiger charge is -2.41. The highest BCUT2D eigenvalue weighted by Crippen LogP contribution is 2.22. The van der Waals surface area contributed by atoms with Crippen LogP contribution in [0.2, 0.25) is 0 Å². The Labute approximate surface area is 105 Å². The second kappa shape index (κ2) is 5.54. The molecule has 1 aromatic carbocycles. The van der Waals surface area contributed by atoms with Gasteiger partial charge in [-0.3, -0.25) is 0 Å². The molecule has 1 aliphatic heterocycles. The summed E-state index contributed by atoms with van der Waals surface area (Å²) in [6.45, 7) is 8.96. The quantitative estimate of drug-likeness (QED) is 0.862. The fourth-order valence-corrected chi connectivity index (χ4v) is 2.62. The molecule has 1 fully saturated rings. The molecule has 0 aromatic heterocycles.